The van der Waals surface area contributed by atoms with Gasteiger partial charge in [-0.1, -0.05) is 23.2 Å². The van der Waals surface area contributed by atoms with E-state index in [1.54, 1.807) is 11.8 Å². The maximum atomic E-state index is 12.5. The van der Waals surface area contributed by atoms with Gasteiger partial charge in [0, 0.05) is 24.6 Å². The fraction of sp³-hybridized carbons (Fsp3) is 0.364. The SMILES string of the molecule is O=C(O)c1cc(Cl)c(Cl)c(S(=O)(=O)N2CCSCC2)c1. The Labute approximate surface area is 130 Å². The van der Waals surface area contributed by atoms with Crippen LogP contribution in [0.15, 0.2) is 17.0 Å². The fourth-order valence-electron chi connectivity index (χ4n) is 1.80. The summed E-state index contributed by atoms with van der Waals surface area (Å²) in [6.45, 7) is 0.747. The Balaban J connectivity index is 2.52. The van der Waals surface area contributed by atoms with Gasteiger partial charge in [-0.05, 0) is 12.1 Å². The van der Waals surface area contributed by atoms with E-state index in [0.717, 1.165) is 12.1 Å². The molecule has 0 saturated carbocycles. The molecular formula is C11H11Cl2NO4S2. The van der Waals surface area contributed by atoms with Crippen molar-refractivity contribution in [2.24, 2.45) is 0 Å². The van der Waals surface area contributed by atoms with E-state index in [4.69, 9.17) is 28.3 Å². The highest BCUT2D eigenvalue weighted by molar-refractivity contribution is 7.99. The van der Waals surface area contributed by atoms with Crippen LogP contribution in [0.3, 0.4) is 0 Å². The summed E-state index contributed by atoms with van der Waals surface area (Å²) in [7, 11) is -3.83. The Morgan fingerprint density at radius 1 is 1.25 bits per heavy atom. The molecule has 110 valence electrons. The number of carboxylic acids is 1. The molecule has 1 heterocycles. The normalized spacial score (nSPS) is 17.1. The van der Waals surface area contributed by atoms with Crippen molar-refractivity contribution in [3.63, 3.8) is 0 Å². The van der Waals surface area contributed by atoms with Crippen LogP contribution in [0.25, 0.3) is 0 Å². The molecule has 0 spiro atoms. The molecule has 0 atom stereocenters. The molecular weight excluding hydrogens is 345 g/mol. The number of nitrogens with zero attached hydrogens (tertiary/aromatic N) is 1. The van der Waals surface area contributed by atoms with Crippen molar-refractivity contribution in [3.8, 4) is 0 Å². The van der Waals surface area contributed by atoms with E-state index >= 15 is 0 Å². The third kappa shape index (κ3) is 3.07. The lowest BCUT2D eigenvalue weighted by molar-refractivity contribution is 0.0696. The molecule has 1 aromatic rings. The highest BCUT2D eigenvalue weighted by atomic mass is 35.5. The molecule has 5 nitrogen and oxygen atoms in total. The van der Waals surface area contributed by atoms with Gasteiger partial charge in [0.2, 0.25) is 10.0 Å². The number of rotatable bonds is 3. The number of thioether (sulfide) groups is 1. The lowest BCUT2D eigenvalue weighted by Crippen LogP contribution is -2.38. The highest BCUT2D eigenvalue weighted by Gasteiger charge is 2.30. The van der Waals surface area contributed by atoms with Crippen LogP contribution in [0.1, 0.15) is 10.4 Å². The van der Waals surface area contributed by atoms with Gasteiger partial charge < -0.3 is 5.11 Å². The molecule has 1 aliphatic rings. The summed E-state index contributed by atoms with van der Waals surface area (Å²) in [5, 5.41) is 8.76. The van der Waals surface area contributed by atoms with Crippen molar-refractivity contribution < 1.29 is 18.3 Å². The van der Waals surface area contributed by atoms with Gasteiger partial charge >= 0.3 is 5.97 Å². The molecule has 0 bridgehead atoms. The van der Waals surface area contributed by atoms with Crippen LogP contribution in [0.4, 0.5) is 0 Å². The maximum absolute atomic E-state index is 12.5. The van der Waals surface area contributed by atoms with Crippen molar-refractivity contribution in [2.45, 2.75) is 4.90 Å². The van der Waals surface area contributed by atoms with Gasteiger partial charge in [-0.25, -0.2) is 13.2 Å². The van der Waals surface area contributed by atoms with Gasteiger partial charge in [0.15, 0.2) is 0 Å². The first kappa shape index (κ1) is 15.9. The van der Waals surface area contributed by atoms with Crippen molar-refractivity contribution in [1.29, 1.82) is 0 Å². The standard InChI is InChI=1S/C11H11Cl2NO4S2/c12-8-5-7(11(15)16)6-9(10(8)13)20(17,18)14-1-3-19-4-2-14/h5-6H,1-4H2,(H,15,16). The van der Waals surface area contributed by atoms with Crippen LogP contribution < -0.4 is 0 Å². The summed E-state index contributed by atoms with van der Waals surface area (Å²) in [5.74, 6) is 0.140. The molecule has 1 fully saturated rings. The average molecular weight is 356 g/mol. The smallest absolute Gasteiger partial charge is 0.335 e. The molecule has 0 aliphatic carbocycles. The molecule has 0 radical (unpaired) electrons. The van der Waals surface area contributed by atoms with Crippen molar-refractivity contribution in [3.05, 3.63) is 27.7 Å². The van der Waals surface area contributed by atoms with Crippen molar-refractivity contribution in [2.75, 3.05) is 24.6 Å². The number of aromatic carboxylic acids is 1. The molecule has 1 aromatic carbocycles. The van der Waals surface area contributed by atoms with E-state index in [1.165, 1.54) is 4.31 Å². The molecule has 9 heteroatoms. The molecule has 1 saturated heterocycles. The Bertz CT molecular complexity index is 642. The zero-order valence-electron chi connectivity index (χ0n) is 10.2. The van der Waals surface area contributed by atoms with Gasteiger partial charge in [-0.15, -0.1) is 0 Å². The van der Waals surface area contributed by atoms with E-state index in [1.807, 2.05) is 0 Å². The van der Waals surface area contributed by atoms with E-state index in [-0.39, 0.29) is 20.5 Å². The fourth-order valence-corrected chi connectivity index (χ4v) is 5.17. The molecule has 1 aliphatic heterocycles. The number of carbonyl (C=O) groups is 1. The van der Waals surface area contributed by atoms with Gasteiger partial charge in [0.05, 0.1) is 15.6 Å². The second-order valence-corrected chi connectivity index (χ2v) is 8.01. The zero-order valence-corrected chi connectivity index (χ0v) is 13.3. The van der Waals surface area contributed by atoms with Crippen LogP contribution in [-0.4, -0.2) is 48.4 Å². The largest absolute Gasteiger partial charge is 0.478 e. The molecule has 20 heavy (non-hydrogen) atoms. The predicted molar refractivity (Wildman–Crippen MR) is 79.5 cm³/mol. The first-order valence-electron chi connectivity index (χ1n) is 5.64. The topological polar surface area (TPSA) is 74.7 Å². The van der Waals surface area contributed by atoms with Crippen LogP contribution in [0.2, 0.25) is 10.0 Å². The second-order valence-electron chi connectivity index (χ2n) is 4.09. The molecule has 0 aromatic heterocycles. The number of hydrogen-bond donors (Lipinski definition) is 1. The third-order valence-electron chi connectivity index (χ3n) is 2.83. The number of benzene rings is 1. The van der Waals surface area contributed by atoms with Crippen molar-refractivity contribution in [1.82, 2.24) is 4.31 Å². The summed E-state index contributed by atoms with van der Waals surface area (Å²) in [6.07, 6.45) is 0. The molecule has 1 N–H and O–H groups in total. The lowest BCUT2D eigenvalue weighted by Gasteiger charge is -2.26. The average Bonchev–Trinajstić information content (AvgIpc) is 2.42. The molecule has 0 amide bonds. The Morgan fingerprint density at radius 3 is 2.40 bits per heavy atom. The molecule has 2 rings (SSSR count). The summed E-state index contributed by atoms with van der Waals surface area (Å²) in [6, 6.07) is 2.19. The number of carboxylic acid groups (broad SMARTS) is 1. The summed E-state index contributed by atoms with van der Waals surface area (Å²) in [5.41, 5.74) is -0.204. The van der Waals surface area contributed by atoms with E-state index in [2.05, 4.69) is 0 Å². The number of hydrogen-bond acceptors (Lipinski definition) is 4. The Hall–Kier alpha value is -0.470. The van der Waals surface area contributed by atoms with Crippen LogP contribution >= 0.6 is 35.0 Å². The number of halogens is 2. The van der Waals surface area contributed by atoms with Crippen molar-refractivity contribution >= 4 is 51.0 Å². The van der Waals surface area contributed by atoms with Gasteiger partial charge in [0.1, 0.15) is 4.90 Å². The first-order valence-corrected chi connectivity index (χ1v) is 8.99. The molecule has 0 unspecified atom stereocenters. The monoisotopic (exact) mass is 355 g/mol. The minimum atomic E-state index is -3.83. The Morgan fingerprint density at radius 2 is 1.85 bits per heavy atom. The van der Waals surface area contributed by atoms with Gasteiger partial charge in [-0.3, -0.25) is 0 Å². The second kappa shape index (κ2) is 6.11. The van der Waals surface area contributed by atoms with E-state index in [9.17, 15) is 13.2 Å². The minimum absolute atomic E-state index is 0.0865. The van der Waals surface area contributed by atoms with Gasteiger partial charge in [-0.2, -0.15) is 16.1 Å². The quantitative estimate of drug-likeness (QED) is 0.900. The summed E-state index contributed by atoms with van der Waals surface area (Å²) < 4.78 is 26.3. The highest BCUT2D eigenvalue weighted by Crippen LogP contribution is 2.33. The summed E-state index contributed by atoms with van der Waals surface area (Å²) in [4.78, 5) is 10.8. The predicted octanol–water partition coefficient (Wildman–Crippen LogP) is 2.43. The first-order chi connectivity index (χ1) is 9.34. The maximum Gasteiger partial charge on any atom is 0.335 e. The van der Waals surface area contributed by atoms with Crippen LogP contribution in [-0.2, 0) is 10.0 Å². The summed E-state index contributed by atoms with van der Waals surface area (Å²) >= 11 is 13.4. The van der Waals surface area contributed by atoms with Crippen LogP contribution in [0, 0.1) is 0 Å². The van der Waals surface area contributed by atoms with E-state index < -0.39 is 16.0 Å². The van der Waals surface area contributed by atoms with Gasteiger partial charge in [0.25, 0.3) is 0 Å². The van der Waals surface area contributed by atoms with Crippen LogP contribution in [0.5, 0.6) is 0 Å². The van der Waals surface area contributed by atoms with E-state index in [0.29, 0.717) is 24.6 Å². The third-order valence-corrected chi connectivity index (χ3v) is 6.61. The Kier molecular flexibility index (Phi) is 4.86. The minimum Gasteiger partial charge on any atom is -0.478 e. The zero-order chi connectivity index (χ0) is 14.9. The lowest BCUT2D eigenvalue weighted by atomic mass is 10.2. The number of sulfonamides is 1.